The van der Waals surface area contributed by atoms with E-state index < -0.39 is 20.5 Å². The summed E-state index contributed by atoms with van der Waals surface area (Å²) in [6.07, 6.45) is 1.24. The van der Waals surface area contributed by atoms with E-state index in [0.29, 0.717) is 47.8 Å². The zero-order valence-corrected chi connectivity index (χ0v) is 17.1. The summed E-state index contributed by atoms with van der Waals surface area (Å²) in [5.41, 5.74) is 0.407. The summed E-state index contributed by atoms with van der Waals surface area (Å²) in [6.45, 7) is 2.51. The molecule has 5 nitrogen and oxygen atoms in total. The Morgan fingerprint density at radius 2 is 2.04 bits per heavy atom. The van der Waals surface area contributed by atoms with Crippen molar-refractivity contribution in [2.45, 2.75) is 47.1 Å². The lowest BCUT2D eigenvalue weighted by Gasteiger charge is -2.38. The molecule has 2 aliphatic rings. The molecule has 0 spiro atoms. The number of nitrogens with one attached hydrogen (secondary N) is 1. The molecule has 1 fully saturated rings. The second-order valence-electron chi connectivity index (χ2n) is 7.49. The van der Waals surface area contributed by atoms with Crippen molar-refractivity contribution in [2.75, 3.05) is 13.2 Å². The number of ether oxygens (including phenoxy) is 1. The molecule has 3 heterocycles. The van der Waals surface area contributed by atoms with Gasteiger partial charge in [-0.2, -0.15) is 0 Å². The molecule has 8 heteroatoms. The van der Waals surface area contributed by atoms with Crippen molar-refractivity contribution < 1.29 is 22.3 Å². The molecule has 2 atom stereocenters. The molecule has 1 aromatic heterocycles. The standard InChI is InChI=1S/C20H22FNO4S2/c1-13-11-17(16-5-10-27-18(16)28(13,24)25)22-19(23)20(6-8-26-9-7-20)14-3-2-4-15(21)12-14/h2-5,10,12-13,17H,6-9,11H2,1H3,(H,22,23)/t13-,17-/m0/s1. The van der Waals surface area contributed by atoms with E-state index in [2.05, 4.69) is 5.32 Å². The second kappa shape index (κ2) is 7.24. The third kappa shape index (κ3) is 3.17. The van der Waals surface area contributed by atoms with Crippen LogP contribution in [0.5, 0.6) is 0 Å². The van der Waals surface area contributed by atoms with Crippen LogP contribution in [0.4, 0.5) is 4.39 Å². The maximum atomic E-state index is 13.9. The molecule has 0 bridgehead atoms. The van der Waals surface area contributed by atoms with Crippen LogP contribution in [-0.2, 0) is 24.8 Å². The van der Waals surface area contributed by atoms with Gasteiger partial charge < -0.3 is 10.1 Å². The Hall–Kier alpha value is -1.77. The Labute approximate surface area is 167 Å². The number of amides is 1. The number of hydrogen-bond acceptors (Lipinski definition) is 5. The van der Waals surface area contributed by atoms with Gasteiger partial charge in [-0.15, -0.1) is 11.3 Å². The van der Waals surface area contributed by atoms with Gasteiger partial charge in [-0.25, -0.2) is 12.8 Å². The van der Waals surface area contributed by atoms with Gasteiger partial charge >= 0.3 is 0 Å². The number of benzene rings is 1. The number of carbonyl (C=O) groups is 1. The largest absolute Gasteiger partial charge is 0.381 e. The van der Waals surface area contributed by atoms with Gasteiger partial charge in [-0.3, -0.25) is 4.79 Å². The molecule has 1 aromatic carbocycles. The molecule has 2 aromatic rings. The number of hydrogen-bond donors (Lipinski definition) is 1. The average molecular weight is 424 g/mol. The van der Waals surface area contributed by atoms with Crippen molar-refractivity contribution in [1.82, 2.24) is 5.32 Å². The fourth-order valence-corrected chi connectivity index (χ4v) is 7.38. The molecule has 0 unspecified atom stereocenters. The van der Waals surface area contributed by atoms with Crippen LogP contribution >= 0.6 is 11.3 Å². The molecule has 150 valence electrons. The monoisotopic (exact) mass is 423 g/mol. The smallest absolute Gasteiger partial charge is 0.231 e. The molecular formula is C20H22FNO4S2. The van der Waals surface area contributed by atoms with E-state index in [1.165, 1.54) is 23.5 Å². The minimum atomic E-state index is -3.35. The van der Waals surface area contributed by atoms with E-state index in [1.54, 1.807) is 30.5 Å². The van der Waals surface area contributed by atoms with Crippen LogP contribution in [0.1, 0.15) is 43.4 Å². The van der Waals surface area contributed by atoms with Crippen LogP contribution in [0, 0.1) is 5.82 Å². The van der Waals surface area contributed by atoms with Gasteiger partial charge in [0.05, 0.1) is 16.7 Å². The highest BCUT2D eigenvalue weighted by Gasteiger charge is 2.45. The second-order valence-corrected chi connectivity index (χ2v) is 11.0. The first-order valence-corrected chi connectivity index (χ1v) is 11.7. The number of sulfone groups is 1. The van der Waals surface area contributed by atoms with E-state index in [0.717, 1.165) is 0 Å². The summed E-state index contributed by atoms with van der Waals surface area (Å²) >= 11 is 1.19. The quantitative estimate of drug-likeness (QED) is 0.822. The Morgan fingerprint density at radius 1 is 1.29 bits per heavy atom. The molecule has 28 heavy (non-hydrogen) atoms. The summed E-state index contributed by atoms with van der Waals surface area (Å²) in [7, 11) is -3.35. The van der Waals surface area contributed by atoms with Crippen molar-refractivity contribution in [1.29, 1.82) is 0 Å². The van der Waals surface area contributed by atoms with E-state index in [-0.39, 0.29) is 17.8 Å². The Balaban J connectivity index is 1.68. The maximum Gasteiger partial charge on any atom is 0.231 e. The highest BCUT2D eigenvalue weighted by atomic mass is 32.2. The SMILES string of the molecule is C[C@H]1C[C@H](NC(=O)C2(c3cccc(F)c3)CCOCC2)c2ccsc2S1(=O)=O. The zero-order valence-electron chi connectivity index (χ0n) is 15.5. The van der Waals surface area contributed by atoms with Crippen molar-refractivity contribution in [3.8, 4) is 0 Å². The number of carbonyl (C=O) groups excluding carboxylic acids is 1. The first-order valence-electron chi connectivity index (χ1n) is 9.31. The van der Waals surface area contributed by atoms with Crippen LogP contribution < -0.4 is 5.32 Å². The molecular weight excluding hydrogens is 401 g/mol. The summed E-state index contributed by atoms with van der Waals surface area (Å²) in [4.78, 5) is 13.5. The van der Waals surface area contributed by atoms with Gasteiger partial charge in [0, 0.05) is 18.8 Å². The summed E-state index contributed by atoms with van der Waals surface area (Å²) in [6, 6.07) is 7.56. The van der Waals surface area contributed by atoms with Crippen LogP contribution in [0.15, 0.2) is 39.9 Å². The van der Waals surface area contributed by atoms with Gasteiger partial charge in [0.25, 0.3) is 0 Å². The Kier molecular flexibility index (Phi) is 5.05. The molecule has 0 saturated carbocycles. The highest BCUT2D eigenvalue weighted by molar-refractivity contribution is 7.94. The van der Waals surface area contributed by atoms with Crippen LogP contribution in [0.3, 0.4) is 0 Å². The third-order valence-electron chi connectivity index (χ3n) is 5.85. The molecule has 1 amide bonds. The predicted molar refractivity (Wildman–Crippen MR) is 105 cm³/mol. The lowest BCUT2D eigenvalue weighted by molar-refractivity contribution is -0.131. The Bertz CT molecular complexity index is 995. The minimum absolute atomic E-state index is 0.199. The van der Waals surface area contributed by atoms with Gasteiger partial charge in [-0.05, 0) is 55.3 Å². The fraction of sp³-hybridized carbons (Fsp3) is 0.450. The molecule has 4 rings (SSSR count). The highest BCUT2D eigenvalue weighted by Crippen LogP contribution is 2.41. The van der Waals surface area contributed by atoms with Gasteiger partial charge in [0.15, 0.2) is 9.84 Å². The third-order valence-corrected chi connectivity index (χ3v) is 9.57. The van der Waals surface area contributed by atoms with Crippen LogP contribution in [0.2, 0.25) is 0 Å². The first-order chi connectivity index (χ1) is 13.3. The van der Waals surface area contributed by atoms with Crippen molar-refractivity contribution in [2.24, 2.45) is 0 Å². The Morgan fingerprint density at radius 3 is 2.75 bits per heavy atom. The number of halogens is 1. The normalized spacial score (nSPS) is 25.6. The van der Waals surface area contributed by atoms with Gasteiger partial charge in [-0.1, -0.05) is 12.1 Å². The molecule has 1 N–H and O–H groups in total. The van der Waals surface area contributed by atoms with E-state index in [9.17, 15) is 17.6 Å². The first kappa shape index (κ1) is 19.5. The zero-order chi connectivity index (χ0) is 19.9. The summed E-state index contributed by atoms with van der Waals surface area (Å²) < 4.78 is 44.8. The van der Waals surface area contributed by atoms with E-state index in [4.69, 9.17) is 4.74 Å². The van der Waals surface area contributed by atoms with Crippen molar-refractivity contribution in [3.63, 3.8) is 0 Å². The van der Waals surface area contributed by atoms with Crippen molar-refractivity contribution in [3.05, 3.63) is 52.7 Å². The molecule has 0 aliphatic carbocycles. The molecule has 1 saturated heterocycles. The van der Waals surface area contributed by atoms with Crippen LogP contribution in [0.25, 0.3) is 0 Å². The summed E-state index contributed by atoms with van der Waals surface area (Å²) in [5.74, 6) is -0.580. The molecule has 2 aliphatic heterocycles. The lowest BCUT2D eigenvalue weighted by atomic mass is 9.73. The predicted octanol–water partition coefficient (Wildman–Crippen LogP) is 3.36. The average Bonchev–Trinajstić information content (AvgIpc) is 3.18. The van der Waals surface area contributed by atoms with Gasteiger partial charge in [0.1, 0.15) is 10.0 Å². The number of thiophene rings is 1. The van der Waals surface area contributed by atoms with E-state index in [1.807, 2.05) is 0 Å². The lowest BCUT2D eigenvalue weighted by Crippen LogP contribution is -2.50. The van der Waals surface area contributed by atoms with Crippen molar-refractivity contribution >= 4 is 27.1 Å². The van der Waals surface area contributed by atoms with Gasteiger partial charge in [0.2, 0.25) is 5.91 Å². The summed E-state index contributed by atoms with van der Waals surface area (Å²) in [5, 5.41) is 4.26. The van der Waals surface area contributed by atoms with E-state index >= 15 is 0 Å². The minimum Gasteiger partial charge on any atom is -0.381 e. The topological polar surface area (TPSA) is 72.5 Å². The molecule has 0 radical (unpaired) electrons. The number of rotatable bonds is 3. The van der Waals surface area contributed by atoms with Crippen LogP contribution in [-0.4, -0.2) is 32.8 Å². The fourth-order valence-electron chi connectivity index (χ4n) is 4.15. The number of fused-ring (bicyclic) bond motifs is 1. The maximum absolute atomic E-state index is 13.9.